The monoisotopic (exact) mass is 519 g/mol. The van der Waals surface area contributed by atoms with Crippen LogP contribution in [0, 0.1) is 10.1 Å². The number of imide groups is 1. The first-order valence-corrected chi connectivity index (χ1v) is 11.8. The van der Waals surface area contributed by atoms with E-state index in [2.05, 4.69) is 5.32 Å². The van der Waals surface area contributed by atoms with Gasteiger partial charge in [0.05, 0.1) is 29.2 Å². The van der Waals surface area contributed by atoms with Gasteiger partial charge in [0.1, 0.15) is 11.5 Å². The van der Waals surface area contributed by atoms with Crippen LogP contribution in [0.15, 0.2) is 77.7 Å². The second-order valence-electron chi connectivity index (χ2n) is 7.76. The van der Waals surface area contributed by atoms with Gasteiger partial charge in [-0.3, -0.25) is 29.4 Å². The van der Waals surface area contributed by atoms with Crippen molar-refractivity contribution in [3.63, 3.8) is 0 Å². The van der Waals surface area contributed by atoms with E-state index in [9.17, 15) is 24.5 Å². The highest BCUT2D eigenvalue weighted by Crippen LogP contribution is 2.34. The summed E-state index contributed by atoms with van der Waals surface area (Å²) in [5, 5.41) is 13.5. The normalized spacial score (nSPS) is 14.1. The third kappa shape index (κ3) is 6.14. The van der Waals surface area contributed by atoms with E-state index in [-0.39, 0.29) is 35.2 Å². The Balaban J connectivity index is 1.37. The van der Waals surface area contributed by atoms with Crippen molar-refractivity contribution in [3.8, 4) is 11.5 Å². The Morgan fingerprint density at radius 3 is 2.49 bits per heavy atom. The zero-order valence-electron chi connectivity index (χ0n) is 19.6. The van der Waals surface area contributed by atoms with E-state index in [1.165, 1.54) is 25.3 Å². The average molecular weight is 520 g/mol. The first-order valence-electron chi connectivity index (χ1n) is 11.0. The van der Waals surface area contributed by atoms with Crippen molar-refractivity contribution in [1.29, 1.82) is 0 Å². The van der Waals surface area contributed by atoms with Crippen LogP contribution in [0.25, 0.3) is 6.08 Å². The quantitative estimate of drug-likeness (QED) is 0.241. The van der Waals surface area contributed by atoms with E-state index >= 15 is 0 Å². The number of para-hydroxylation sites is 3. The fourth-order valence-corrected chi connectivity index (χ4v) is 4.36. The summed E-state index contributed by atoms with van der Waals surface area (Å²) in [6.07, 6.45) is 1.56. The molecule has 1 N–H and O–H groups in total. The van der Waals surface area contributed by atoms with Gasteiger partial charge in [-0.25, -0.2) is 0 Å². The Bertz CT molecular complexity index is 1390. The molecule has 11 heteroatoms. The zero-order valence-corrected chi connectivity index (χ0v) is 20.4. The molecule has 0 unspecified atom stereocenters. The summed E-state index contributed by atoms with van der Waals surface area (Å²) in [6, 6.07) is 19.6. The second-order valence-corrected chi connectivity index (χ2v) is 8.75. The van der Waals surface area contributed by atoms with Crippen LogP contribution in [0.4, 0.5) is 16.2 Å². The molecule has 1 fully saturated rings. The van der Waals surface area contributed by atoms with Crippen LogP contribution in [0.5, 0.6) is 11.5 Å². The van der Waals surface area contributed by atoms with Gasteiger partial charge < -0.3 is 14.8 Å². The number of benzene rings is 3. The lowest BCUT2D eigenvalue weighted by atomic mass is 10.1. The Labute approximate surface area is 216 Å². The van der Waals surface area contributed by atoms with Crippen molar-refractivity contribution in [2.24, 2.45) is 0 Å². The standard InChI is InChI=1S/C26H21N3O7S/c1-35-22-9-5-3-7-20(22)27-24(30)16-36-19-12-10-17(11-13-19)14-23-25(31)28(26(32)37-23)15-18-6-2-4-8-21(18)29(33)34/h2-14H,15-16H2,1H3,(H,27,30). The van der Waals surface area contributed by atoms with Gasteiger partial charge in [-0.2, -0.15) is 0 Å². The number of hydrogen-bond donors (Lipinski definition) is 1. The Morgan fingerprint density at radius 1 is 1.05 bits per heavy atom. The number of ether oxygens (including phenoxy) is 2. The largest absolute Gasteiger partial charge is 0.495 e. The summed E-state index contributed by atoms with van der Waals surface area (Å²) in [7, 11) is 1.51. The molecule has 10 nitrogen and oxygen atoms in total. The van der Waals surface area contributed by atoms with Crippen LogP contribution in [-0.4, -0.2) is 40.6 Å². The summed E-state index contributed by atoms with van der Waals surface area (Å²) in [5.74, 6) is 0.0887. The van der Waals surface area contributed by atoms with Crippen molar-refractivity contribution < 1.29 is 28.8 Å². The van der Waals surface area contributed by atoms with Gasteiger partial charge in [0.2, 0.25) is 0 Å². The summed E-state index contributed by atoms with van der Waals surface area (Å²) >= 11 is 0.767. The lowest BCUT2D eigenvalue weighted by molar-refractivity contribution is -0.385. The van der Waals surface area contributed by atoms with Gasteiger partial charge in [0.25, 0.3) is 22.7 Å². The molecule has 1 saturated heterocycles. The van der Waals surface area contributed by atoms with Crippen LogP contribution in [0.3, 0.4) is 0 Å². The molecule has 4 rings (SSSR count). The third-order valence-electron chi connectivity index (χ3n) is 5.32. The number of thioether (sulfide) groups is 1. The smallest absolute Gasteiger partial charge is 0.293 e. The lowest BCUT2D eigenvalue weighted by Crippen LogP contribution is -2.27. The van der Waals surface area contributed by atoms with E-state index in [1.807, 2.05) is 0 Å². The SMILES string of the molecule is COc1ccccc1NC(=O)COc1ccc(C=C2SC(=O)N(Cc3ccccc3[N+](=O)[O-])C2=O)cc1. The maximum absolute atomic E-state index is 12.8. The molecule has 0 spiro atoms. The fraction of sp³-hybridized carbons (Fsp3) is 0.115. The maximum Gasteiger partial charge on any atom is 0.293 e. The molecule has 1 heterocycles. The van der Waals surface area contributed by atoms with Crippen molar-refractivity contribution in [2.45, 2.75) is 6.54 Å². The molecule has 37 heavy (non-hydrogen) atoms. The van der Waals surface area contributed by atoms with Crippen molar-refractivity contribution in [1.82, 2.24) is 4.90 Å². The lowest BCUT2D eigenvalue weighted by Gasteiger charge is -2.12. The highest BCUT2D eigenvalue weighted by molar-refractivity contribution is 8.18. The number of nitrogens with zero attached hydrogens (tertiary/aromatic N) is 2. The molecular weight excluding hydrogens is 498 g/mol. The highest BCUT2D eigenvalue weighted by Gasteiger charge is 2.36. The number of amides is 3. The van der Waals surface area contributed by atoms with E-state index < -0.39 is 16.1 Å². The molecule has 188 valence electrons. The highest BCUT2D eigenvalue weighted by atomic mass is 32.2. The number of nitrogens with one attached hydrogen (secondary N) is 1. The average Bonchev–Trinajstić information content (AvgIpc) is 3.16. The molecule has 0 bridgehead atoms. The van der Waals surface area contributed by atoms with E-state index in [4.69, 9.17) is 9.47 Å². The second kappa shape index (κ2) is 11.4. The van der Waals surface area contributed by atoms with Crippen LogP contribution in [-0.2, 0) is 16.1 Å². The molecule has 3 aromatic carbocycles. The Morgan fingerprint density at radius 2 is 1.76 bits per heavy atom. The molecular formula is C26H21N3O7S. The minimum absolute atomic E-state index is 0.155. The Hall–Kier alpha value is -4.64. The molecule has 0 aromatic heterocycles. The molecule has 0 radical (unpaired) electrons. The summed E-state index contributed by atoms with van der Waals surface area (Å²) < 4.78 is 10.7. The zero-order chi connectivity index (χ0) is 26.4. The molecule has 0 atom stereocenters. The van der Waals surface area contributed by atoms with Gasteiger partial charge in [-0.15, -0.1) is 0 Å². The third-order valence-corrected chi connectivity index (χ3v) is 6.23. The minimum atomic E-state index is -0.546. The summed E-state index contributed by atoms with van der Waals surface area (Å²) in [4.78, 5) is 49.4. The summed E-state index contributed by atoms with van der Waals surface area (Å²) in [5.41, 5.74) is 1.29. The number of rotatable bonds is 9. The molecule has 0 aliphatic carbocycles. The van der Waals surface area contributed by atoms with Gasteiger partial charge >= 0.3 is 0 Å². The van der Waals surface area contributed by atoms with Crippen LogP contribution >= 0.6 is 11.8 Å². The fourth-order valence-electron chi connectivity index (χ4n) is 3.52. The number of carbonyl (C=O) groups excluding carboxylic acids is 3. The first-order chi connectivity index (χ1) is 17.9. The number of nitro benzene ring substituents is 1. The van der Waals surface area contributed by atoms with Gasteiger partial charge in [-0.05, 0) is 47.7 Å². The molecule has 3 amide bonds. The number of carbonyl (C=O) groups is 3. The van der Waals surface area contributed by atoms with Crippen molar-refractivity contribution >= 4 is 46.3 Å². The first kappa shape index (κ1) is 25.5. The molecule has 3 aromatic rings. The number of hydrogen-bond acceptors (Lipinski definition) is 8. The predicted octanol–water partition coefficient (Wildman–Crippen LogP) is 4.86. The predicted molar refractivity (Wildman–Crippen MR) is 138 cm³/mol. The minimum Gasteiger partial charge on any atom is -0.495 e. The van der Waals surface area contributed by atoms with E-state index in [0.717, 1.165) is 16.7 Å². The number of anilines is 1. The van der Waals surface area contributed by atoms with Crippen LogP contribution in [0.1, 0.15) is 11.1 Å². The van der Waals surface area contributed by atoms with Gasteiger partial charge in [0, 0.05) is 11.6 Å². The van der Waals surface area contributed by atoms with Crippen LogP contribution < -0.4 is 14.8 Å². The van der Waals surface area contributed by atoms with E-state index in [1.54, 1.807) is 60.7 Å². The van der Waals surface area contributed by atoms with Crippen LogP contribution in [0.2, 0.25) is 0 Å². The Kier molecular flexibility index (Phi) is 7.84. The van der Waals surface area contributed by atoms with Crippen molar-refractivity contribution in [3.05, 3.63) is 98.9 Å². The van der Waals surface area contributed by atoms with Gasteiger partial charge in [0.15, 0.2) is 6.61 Å². The molecule has 1 aliphatic rings. The maximum atomic E-state index is 12.8. The molecule has 0 saturated carbocycles. The number of methoxy groups -OCH3 is 1. The number of nitro groups is 1. The molecule has 1 aliphatic heterocycles. The van der Waals surface area contributed by atoms with Crippen molar-refractivity contribution in [2.75, 3.05) is 19.0 Å². The van der Waals surface area contributed by atoms with E-state index in [0.29, 0.717) is 22.7 Å². The summed E-state index contributed by atoms with van der Waals surface area (Å²) in [6.45, 7) is -0.412. The topological polar surface area (TPSA) is 128 Å². The van der Waals surface area contributed by atoms with Gasteiger partial charge in [-0.1, -0.05) is 42.5 Å².